The fraction of sp³-hybridized carbons (Fsp3) is 0.467. The van der Waals surface area contributed by atoms with Gasteiger partial charge in [0.25, 0.3) is 0 Å². The van der Waals surface area contributed by atoms with E-state index in [1.807, 2.05) is 24.3 Å². The van der Waals surface area contributed by atoms with E-state index in [9.17, 15) is 9.59 Å². The SMILES string of the molecule is CCOC(=O)[C@H]1O[C@@H]1C(=O)CCc1ccc(CO)cc1. The fourth-order valence-corrected chi connectivity index (χ4v) is 1.98. The number of carbonyl (C=O) groups excluding carboxylic acids is 2. The largest absolute Gasteiger partial charge is 0.464 e. The number of Topliss-reactive ketones (excluding diaryl/α,β-unsaturated/α-hetero) is 1. The molecule has 0 saturated carbocycles. The predicted molar refractivity (Wildman–Crippen MR) is 71.0 cm³/mol. The van der Waals surface area contributed by atoms with Crippen LogP contribution in [0.5, 0.6) is 0 Å². The molecule has 0 bridgehead atoms. The number of carbonyl (C=O) groups is 2. The van der Waals surface area contributed by atoms with E-state index in [1.165, 1.54) is 0 Å². The highest BCUT2D eigenvalue weighted by Gasteiger charge is 2.50. The molecule has 2 atom stereocenters. The highest BCUT2D eigenvalue weighted by molar-refractivity contribution is 5.94. The molecule has 1 N–H and O–H groups in total. The van der Waals surface area contributed by atoms with E-state index in [-0.39, 0.29) is 19.0 Å². The number of benzene rings is 1. The Hall–Kier alpha value is -1.72. The summed E-state index contributed by atoms with van der Waals surface area (Å²) in [4.78, 5) is 23.2. The summed E-state index contributed by atoms with van der Waals surface area (Å²) in [5, 5.41) is 8.94. The number of aryl methyl sites for hydroxylation is 1. The predicted octanol–water partition coefficient (Wildman–Crippen LogP) is 1.01. The highest BCUT2D eigenvalue weighted by Crippen LogP contribution is 2.26. The van der Waals surface area contributed by atoms with Crippen molar-refractivity contribution in [3.8, 4) is 0 Å². The van der Waals surface area contributed by atoms with Crippen LogP contribution in [0.15, 0.2) is 24.3 Å². The molecule has 0 amide bonds. The minimum absolute atomic E-state index is 0.0103. The van der Waals surface area contributed by atoms with Crippen LogP contribution in [0, 0.1) is 0 Å². The molecule has 1 fully saturated rings. The van der Waals surface area contributed by atoms with Gasteiger partial charge in [-0.15, -0.1) is 0 Å². The summed E-state index contributed by atoms with van der Waals surface area (Å²) < 4.78 is 9.86. The molecule has 1 aliphatic heterocycles. The second kappa shape index (κ2) is 6.63. The first-order valence-corrected chi connectivity index (χ1v) is 6.69. The summed E-state index contributed by atoms with van der Waals surface area (Å²) in [5.74, 6) is -0.535. The summed E-state index contributed by atoms with van der Waals surface area (Å²) in [7, 11) is 0. The molecular formula is C15H18O5. The van der Waals surface area contributed by atoms with Crippen LogP contribution in [-0.2, 0) is 32.1 Å². The van der Waals surface area contributed by atoms with Gasteiger partial charge in [-0.2, -0.15) is 0 Å². The Balaban J connectivity index is 1.77. The quantitative estimate of drug-likeness (QED) is 0.595. The van der Waals surface area contributed by atoms with Crippen molar-refractivity contribution in [2.75, 3.05) is 6.61 Å². The third-order valence-electron chi connectivity index (χ3n) is 3.19. The lowest BCUT2D eigenvalue weighted by Gasteiger charge is -2.01. The zero-order valence-corrected chi connectivity index (χ0v) is 11.4. The Kier molecular flexibility index (Phi) is 4.87. The van der Waals surface area contributed by atoms with E-state index in [1.54, 1.807) is 6.92 Å². The minimum atomic E-state index is -0.709. The van der Waals surface area contributed by atoms with Crippen molar-refractivity contribution in [2.45, 2.75) is 38.6 Å². The molecule has 0 aliphatic carbocycles. The molecule has 1 aromatic carbocycles. The molecule has 5 nitrogen and oxygen atoms in total. The van der Waals surface area contributed by atoms with Crippen molar-refractivity contribution in [2.24, 2.45) is 0 Å². The Morgan fingerprint density at radius 1 is 1.20 bits per heavy atom. The maximum absolute atomic E-state index is 11.8. The molecule has 108 valence electrons. The number of rotatable bonds is 7. The monoisotopic (exact) mass is 278 g/mol. The van der Waals surface area contributed by atoms with E-state index in [0.29, 0.717) is 12.8 Å². The molecule has 1 aliphatic rings. The summed E-state index contributed by atoms with van der Waals surface area (Å²) in [6.07, 6.45) is -0.413. The topological polar surface area (TPSA) is 76.1 Å². The number of hydrogen-bond donors (Lipinski definition) is 1. The van der Waals surface area contributed by atoms with Gasteiger partial charge in [0.05, 0.1) is 13.2 Å². The van der Waals surface area contributed by atoms with Crippen LogP contribution < -0.4 is 0 Å². The van der Waals surface area contributed by atoms with Gasteiger partial charge in [0.15, 0.2) is 18.0 Å². The van der Waals surface area contributed by atoms with E-state index in [0.717, 1.165) is 11.1 Å². The number of ether oxygens (including phenoxy) is 2. The Labute approximate surface area is 117 Å². The molecule has 2 rings (SSSR count). The van der Waals surface area contributed by atoms with E-state index in [2.05, 4.69) is 0 Å². The molecule has 1 heterocycles. The van der Waals surface area contributed by atoms with Gasteiger partial charge in [-0.05, 0) is 24.5 Å². The van der Waals surface area contributed by atoms with Crippen LogP contribution in [0.3, 0.4) is 0 Å². The van der Waals surface area contributed by atoms with Crippen molar-refractivity contribution < 1.29 is 24.2 Å². The highest BCUT2D eigenvalue weighted by atomic mass is 16.6. The second-order valence-corrected chi connectivity index (χ2v) is 4.67. The number of aliphatic hydroxyl groups excluding tert-OH is 1. The van der Waals surface area contributed by atoms with Gasteiger partial charge in [-0.3, -0.25) is 4.79 Å². The summed E-state index contributed by atoms with van der Waals surface area (Å²) in [5.41, 5.74) is 1.86. The zero-order valence-electron chi connectivity index (χ0n) is 11.4. The number of aliphatic hydroxyl groups is 1. The fourth-order valence-electron chi connectivity index (χ4n) is 1.98. The summed E-state index contributed by atoms with van der Waals surface area (Å²) >= 11 is 0. The Morgan fingerprint density at radius 2 is 1.85 bits per heavy atom. The summed E-state index contributed by atoms with van der Waals surface area (Å²) in [6, 6.07) is 7.43. The van der Waals surface area contributed by atoms with E-state index < -0.39 is 18.2 Å². The van der Waals surface area contributed by atoms with Gasteiger partial charge in [-0.25, -0.2) is 4.79 Å². The van der Waals surface area contributed by atoms with Gasteiger partial charge in [0.1, 0.15) is 0 Å². The van der Waals surface area contributed by atoms with Crippen molar-refractivity contribution in [1.82, 2.24) is 0 Å². The van der Waals surface area contributed by atoms with E-state index in [4.69, 9.17) is 14.6 Å². The van der Waals surface area contributed by atoms with Gasteiger partial charge >= 0.3 is 5.97 Å². The van der Waals surface area contributed by atoms with Crippen molar-refractivity contribution in [3.05, 3.63) is 35.4 Å². The maximum Gasteiger partial charge on any atom is 0.338 e. The molecule has 20 heavy (non-hydrogen) atoms. The Bertz CT molecular complexity index is 480. The molecule has 1 aromatic rings. The molecule has 5 heteroatoms. The van der Waals surface area contributed by atoms with Crippen LogP contribution in [0.2, 0.25) is 0 Å². The van der Waals surface area contributed by atoms with Crippen LogP contribution in [0.25, 0.3) is 0 Å². The van der Waals surface area contributed by atoms with Crippen LogP contribution in [0.4, 0.5) is 0 Å². The average Bonchev–Trinajstić information content (AvgIpc) is 3.26. The first-order chi connectivity index (χ1) is 9.65. The molecular weight excluding hydrogens is 260 g/mol. The molecule has 0 spiro atoms. The third kappa shape index (κ3) is 3.65. The standard InChI is InChI=1S/C15H18O5/c1-2-19-15(18)14-13(20-14)12(17)8-7-10-3-5-11(9-16)6-4-10/h3-6,13-14,16H,2,7-9H2,1H3/t13-,14+/m1/s1. The van der Waals surface area contributed by atoms with Crippen molar-refractivity contribution >= 4 is 11.8 Å². The maximum atomic E-state index is 11.8. The van der Waals surface area contributed by atoms with Gasteiger partial charge in [-0.1, -0.05) is 24.3 Å². The lowest BCUT2D eigenvalue weighted by Crippen LogP contribution is -2.18. The summed E-state index contributed by atoms with van der Waals surface area (Å²) in [6.45, 7) is 2.01. The number of hydrogen-bond acceptors (Lipinski definition) is 5. The van der Waals surface area contributed by atoms with Gasteiger partial charge in [0, 0.05) is 6.42 Å². The molecule has 0 radical (unpaired) electrons. The third-order valence-corrected chi connectivity index (χ3v) is 3.19. The molecule has 0 unspecified atom stereocenters. The number of epoxide rings is 1. The Morgan fingerprint density at radius 3 is 2.45 bits per heavy atom. The first kappa shape index (κ1) is 14.7. The van der Waals surface area contributed by atoms with Crippen molar-refractivity contribution in [1.29, 1.82) is 0 Å². The van der Waals surface area contributed by atoms with Crippen LogP contribution in [-0.4, -0.2) is 35.7 Å². The van der Waals surface area contributed by atoms with Crippen LogP contribution >= 0.6 is 0 Å². The van der Waals surface area contributed by atoms with Gasteiger partial charge < -0.3 is 14.6 Å². The average molecular weight is 278 g/mol. The molecule has 1 saturated heterocycles. The first-order valence-electron chi connectivity index (χ1n) is 6.69. The smallest absolute Gasteiger partial charge is 0.338 e. The normalized spacial score (nSPS) is 20.5. The lowest BCUT2D eigenvalue weighted by molar-refractivity contribution is -0.144. The zero-order chi connectivity index (χ0) is 14.5. The van der Waals surface area contributed by atoms with Crippen LogP contribution in [0.1, 0.15) is 24.5 Å². The van der Waals surface area contributed by atoms with E-state index >= 15 is 0 Å². The number of ketones is 1. The second-order valence-electron chi connectivity index (χ2n) is 4.67. The lowest BCUT2D eigenvalue weighted by atomic mass is 10.0. The van der Waals surface area contributed by atoms with Crippen molar-refractivity contribution in [3.63, 3.8) is 0 Å². The number of esters is 1. The van der Waals surface area contributed by atoms with Gasteiger partial charge in [0.2, 0.25) is 0 Å². The minimum Gasteiger partial charge on any atom is -0.464 e. The molecule has 0 aromatic heterocycles.